The number of amides is 1. The summed E-state index contributed by atoms with van der Waals surface area (Å²) in [5.74, 6) is 1.60. The first-order chi connectivity index (χ1) is 12.8. The fraction of sp³-hybridized carbons (Fsp3) is 0.600. The zero-order valence-electron chi connectivity index (χ0n) is 16.8. The molecule has 7 heteroatoms. The van der Waals surface area contributed by atoms with E-state index in [0.717, 1.165) is 43.8 Å². The van der Waals surface area contributed by atoms with Crippen molar-refractivity contribution in [3.63, 3.8) is 0 Å². The monoisotopic (exact) mass is 376 g/mol. The molecule has 1 heterocycles. The molecule has 1 saturated heterocycles. The van der Waals surface area contributed by atoms with Gasteiger partial charge in [0.1, 0.15) is 11.4 Å². The smallest absolute Gasteiger partial charge is 0.410 e. The Balaban J connectivity index is 1.77. The molecule has 0 radical (unpaired) electrons. The van der Waals surface area contributed by atoms with Gasteiger partial charge < -0.3 is 25.4 Å². The van der Waals surface area contributed by atoms with Crippen LogP contribution in [0.1, 0.15) is 40.0 Å². The quantitative estimate of drug-likeness (QED) is 0.607. The van der Waals surface area contributed by atoms with E-state index in [1.807, 2.05) is 49.9 Å². The summed E-state index contributed by atoms with van der Waals surface area (Å²) in [5, 5.41) is 3.07. The van der Waals surface area contributed by atoms with Crippen LogP contribution in [0.15, 0.2) is 29.3 Å². The summed E-state index contributed by atoms with van der Waals surface area (Å²) >= 11 is 0. The van der Waals surface area contributed by atoms with Crippen LogP contribution in [-0.4, -0.2) is 49.3 Å². The van der Waals surface area contributed by atoms with Gasteiger partial charge in [-0.15, -0.1) is 0 Å². The van der Waals surface area contributed by atoms with E-state index < -0.39 is 5.60 Å². The number of nitrogens with zero attached hydrogens (tertiary/aromatic N) is 2. The van der Waals surface area contributed by atoms with Crippen LogP contribution in [0.3, 0.4) is 0 Å². The Morgan fingerprint density at radius 1 is 1.33 bits per heavy atom. The van der Waals surface area contributed by atoms with Crippen molar-refractivity contribution in [3.05, 3.63) is 24.3 Å². The normalized spacial score (nSPS) is 18.1. The van der Waals surface area contributed by atoms with Crippen molar-refractivity contribution in [2.45, 2.75) is 45.6 Å². The van der Waals surface area contributed by atoms with Gasteiger partial charge in [-0.3, -0.25) is 4.99 Å². The number of hydrogen-bond donors (Lipinski definition) is 2. The second kappa shape index (κ2) is 9.48. The minimum atomic E-state index is -0.462. The van der Waals surface area contributed by atoms with Gasteiger partial charge in [0.05, 0.1) is 7.11 Å². The molecule has 1 aliphatic heterocycles. The second-order valence-corrected chi connectivity index (χ2v) is 7.84. The number of carbonyl (C=O) groups is 1. The largest absolute Gasteiger partial charge is 0.497 e. The lowest BCUT2D eigenvalue weighted by Gasteiger charge is -2.34. The molecule has 1 amide bonds. The molecule has 1 fully saturated rings. The molecule has 7 nitrogen and oxygen atoms in total. The molecule has 0 bridgehead atoms. The van der Waals surface area contributed by atoms with Crippen molar-refractivity contribution >= 4 is 17.7 Å². The van der Waals surface area contributed by atoms with Crippen LogP contribution in [0.25, 0.3) is 0 Å². The van der Waals surface area contributed by atoms with Gasteiger partial charge in [0, 0.05) is 25.3 Å². The highest BCUT2D eigenvalue weighted by Gasteiger charge is 2.27. The van der Waals surface area contributed by atoms with Gasteiger partial charge in [-0.1, -0.05) is 0 Å². The predicted molar refractivity (Wildman–Crippen MR) is 108 cm³/mol. The number of guanidine groups is 1. The Labute approximate surface area is 161 Å². The molecule has 27 heavy (non-hydrogen) atoms. The fourth-order valence-electron chi connectivity index (χ4n) is 3.02. The maximum Gasteiger partial charge on any atom is 0.410 e. The molecular formula is C20H32N4O3. The number of rotatable bonds is 5. The molecule has 1 aliphatic rings. The van der Waals surface area contributed by atoms with Gasteiger partial charge in [-0.25, -0.2) is 4.79 Å². The number of anilines is 1. The fourth-order valence-corrected chi connectivity index (χ4v) is 3.02. The Hall–Kier alpha value is -2.44. The lowest BCUT2D eigenvalue weighted by molar-refractivity contribution is 0.0163. The minimum Gasteiger partial charge on any atom is -0.497 e. The number of likely N-dealkylation sites (tertiary alicyclic amines) is 1. The van der Waals surface area contributed by atoms with Crippen molar-refractivity contribution in [3.8, 4) is 5.75 Å². The van der Waals surface area contributed by atoms with E-state index in [0.29, 0.717) is 18.4 Å². The molecule has 1 aromatic rings. The highest BCUT2D eigenvalue weighted by Crippen LogP contribution is 2.22. The zero-order valence-corrected chi connectivity index (χ0v) is 16.8. The van der Waals surface area contributed by atoms with Crippen LogP contribution in [-0.2, 0) is 4.74 Å². The summed E-state index contributed by atoms with van der Waals surface area (Å²) in [6.45, 7) is 7.77. The first kappa shape index (κ1) is 20.9. The standard InChI is InChI=1S/C20H32N4O3/c1-20(2,3)27-19(25)24-13-5-6-15(14-24)11-12-22-18(21)23-16-7-9-17(26-4)10-8-16/h7-10,15H,5-6,11-14H2,1-4H3,(H3,21,22,23). The van der Waals surface area contributed by atoms with Crippen LogP contribution in [0.5, 0.6) is 5.75 Å². The highest BCUT2D eigenvalue weighted by atomic mass is 16.6. The van der Waals surface area contributed by atoms with Gasteiger partial charge in [-0.05, 0) is 70.2 Å². The molecule has 1 aromatic carbocycles. The van der Waals surface area contributed by atoms with Gasteiger partial charge in [0.15, 0.2) is 5.96 Å². The average Bonchev–Trinajstić information content (AvgIpc) is 2.61. The van der Waals surface area contributed by atoms with Gasteiger partial charge in [-0.2, -0.15) is 0 Å². The summed E-state index contributed by atoms with van der Waals surface area (Å²) in [7, 11) is 1.63. The van der Waals surface area contributed by atoms with E-state index in [1.165, 1.54) is 0 Å². The Morgan fingerprint density at radius 2 is 2.04 bits per heavy atom. The number of nitrogens with one attached hydrogen (secondary N) is 1. The number of ether oxygens (including phenoxy) is 2. The maximum absolute atomic E-state index is 12.2. The molecule has 0 aliphatic carbocycles. The van der Waals surface area contributed by atoms with Crippen LogP contribution in [0.2, 0.25) is 0 Å². The third-order valence-electron chi connectivity index (χ3n) is 4.35. The van der Waals surface area contributed by atoms with Crippen molar-refractivity contribution in [1.82, 2.24) is 4.90 Å². The van der Waals surface area contributed by atoms with E-state index in [1.54, 1.807) is 7.11 Å². The predicted octanol–water partition coefficient (Wildman–Crippen LogP) is 3.46. The molecular weight excluding hydrogens is 344 g/mol. The van der Waals surface area contributed by atoms with E-state index in [9.17, 15) is 4.79 Å². The summed E-state index contributed by atoms with van der Waals surface area (Å²) < 4.78 is 10.6. The van der Waals surface area contributed by atoms with Crippen LogP contribution >= 0.6 is 0 Å². The van der Waals surface area contributed by atoms with Crippen LogP contribution < -0.4 is 15.8 Å². The molecule has 0 saturated carbocycles. The molecule has 2 rings (SSSR count). The Bertz CT molecular complexity index is 638. The number of methoxy groups -OCH3 is 1. The third-order valence-corrected chi connectivity index (χ3v) is 4.35. The summed E-state index contributed by atoms with van der Waals surface area (Å²) in [4.78, 5) is 18.4. The Morgan fingerprint density at radius 3 is 2.67 bits per heavy atom. The first-order valence-electron chi connectivity index (χ1n) is 9.46. The Kier molecular flexibility index (Phi) is 7.33. The number of benzene rings is 1. The molecule has 1 unspecified atom stereocenters. The van der Waals surface area contributed by atoms with E-state index in [-0.39, 0.29) is 6.09 Å². The first-order valence-corrected chi connectivity index (χ1v) is 9.46. The van der Waals surface area contributed by atoms with Gasteiger partial charge >= 0.3 is 6.09 Å². The van der Waals surface area contributed by atoms with Gasteiger partial charge in [0.25, 0.3) is 0 Å². The van der Waals surface area contributed by atoms with Crippen LogP contribution in [0.4, 0.5) is 10.5 Å². The van der Waals surface area contributed by atoms with Crippen molar-refractivity contribution in [2.24, 2.45) is 16.6 Å². The van der Waals surface area contributed by atoms with E-state index in [4.69, 9.17) is 15.2 Å². The molecule has 0 aromatic heterocycles. The highest BCUT2D eigenvalue weighted by molar-refractivity contribution is 5.92. The molecule has 150 valence electrons. The lowest BCUT2D eigenvalue weighted by Crippen LogP contribution is -2.43. The van der Waals surface area contributed by atoms with Crippen molar-refractivity contribution < 1.29 is 14.3 Å². The van der Waals surface area contributed by atoms with Gasteiger partial charge in [0.2, 0.25) is 0 Å². The van der Waals surface area contributed by atoms with Crippen molar-refractivity contribution in [1.29, 1.82) is 0 Å². The molecule has 3 N–H and O–H groups in total. The van der Waals surface area contributed by atoms with Crippen LogP contribution in [0, 0.1) is 5.92 Å². The third kappa shape index (κ3) is 7.37. The summed E-state index contributed by atoms with van der Waals surface area (Å²) in [5.41, 5.74) is 6.36. The zero-order chi connectivity index (χ0) is 19.9. The summed E-state index contributed by atoms with van der Waals surface area (Å²) in [6.07, 6.45) is 2.76. The minimum absolute atomic E-state index is 0.226. The SMILES string of the molecule is COc1ccc(NC(N)=NCCC2CCCN(C(=O)OC(C)(C)C)C2)cc1. The number of hydrogen-bond acceptors (Lipinski definition) is 4. The molecule has 1 atom stereocenters. The average molecular weight is 377 g/mol. The number of piperidine rings is 1. The maximum atomic E-state index is 12.2. The number of aliphatic imine (C=N–C) groups is 1. The van der Waals surface area contributed by atoms with Crippen molar-refractivity contribution in [2.75, 3.05) is 32.1 Å². The second-order valence-electron chi connectivity index (χ2n) is 7.84. The topological polar surface area (TPSA) is 89.2 Å². The lowest BCUT2D eigenvalue weighted by atomic mass is 9.95. The molecule has 0 spiro atoms. The number of carbonyl (C=O) groups excluding carboxylic acids is 1. The number of nitrogens with two attached hydrogens (primary N) is 1. The van der Waals surface area contributed by atoms with E-state index >= 15 is 0 Å². The summed E-state index contributed by atoms with van der Waals surface area (Å²) in [6, 6.07) is 7.51. The van der Waals surface area contributed by atoms with E-state index in [2.05, 4.69) is 10.3 Å².